The van der Waals surface area contributed by atoms with Gasteiger partial charge in [-0.25, -0.2) is 0 Å². The van der Waals surface area contributed by atoms with Gasteiger partial charge in [0.15, 0.2) is 0 Å². The van der Waals surface area contributed by atoms with Crippen molar-refractivity contribution < 1.29 is 14.3 Å². The number of carbonyl (C=O) groups excluding carboxylic acids is 1. The average Bonchev–Trinajstić information content (AvgIpc) is 2.94. The lowest BCUT2D eigenvalue weighted by Crippen LogP contribution is -2.40. The molecule has 0 bridgehead atoms. The van der Waals surface area contributed by atoms with E-state index in [1.54, 1.807) is 6.21 Å². The molecular weight excluding hydrogens is 516 g/mol. The Kier molecular flexibility index (Phi) is 10.6. The first-order valence-electron chi connectivity index (χ1n) is 14.7. The number of nitriles is 1. The summed E-state index contributed by atoms with van der Waals surface area (Å²) in [6.07, 6.45) is 6.52. The van der Waals surface area contributed by atoms with Crippen LogP contribution in [0.15, 0.2) is 35.3 Å². The predicted octanol–water partition coefficient (Wildman–Crippen LogP) is 5.55. The fourth-order valence-electron chi connectivity index (χ4n) is 5.42. The number of carbonyl (C=O) groups is 1. The van der Waals surface area contributed by atoms with E-state index in [2.05, 4.69) is 44.6 Å². The smallest absolute Gasteiger partial charge is 0.224 e. The molecule has 0 aliphatic carbocycles. The van der Waals surface area contributed by atoms with E-state index in [9.17, 15) is 10.1 Å². The molecule has 9 nitrogen and oxygen atoms in total. The zero-order valence-electron chi connectivity index (χ0n) is 25.1. The molecule has 1 fully saturated rings. The number of amides is 1. The fraction of sp³-hybridized carbons (Fsp3) is 0.531. The molecule has 3 atom stereocenters. The number of likely N-dealkylation sites (N-methyl/N-ethyl adjacent to an activating group) is 1. The van der Waals surface area contributed by atoms with E-state index in [0.29, 0.717) is 37.1 Å². The lowest BCUT2D eigenvalue weighted by atomic mass is 9.90. The van der Waals surface area contributed by atoms with Crippen LogP contribution in [0.3, 0.4) is 0 Å². The molecule has 2 heterocycles. The molecule has 1 saturated heterocycles. The molecule has 4 rings (SSSR count). The number of fused-ring (bicyclic) bond motifs is 1. The third-order valence-corrected chi connectivity index (χ3v) is 7.78. The largest absolute Gasteiger partial charge is 0.492 e. The molecule has 2 aliphatic rings. The van der Waals surface area contributed by atoms with Crippen LogP contribution in [0.1, 0.15) is 56.2 Å². The van der Waals surface area contributed by atoms with Crippen LogP contribution in [0.2, 0.25) is 0 Å². The number of hydrogen-bond donors (Lipinski definition) is 2. The Labute approximate surface area is 244 Å². The quantitative estimate of drug-likeness (QED) is 0.351. The number of rotatable bonds is 12. The van der Waals surface area contributed by atoms with Crippen molar-refractivity contribution in [2.75, 3.05) is 58.1 Å². The van der Waals surface area contributed by atoms with Gasteiger partial charge in [-0.2, -0.15) is 5.26 Å². The van der Waals surface area contributed by atoms with Gasteiger partial charge in [0.1, 0.15) is 24.0 Å². The Morgan fingerprint density at radius 1 is 1.20 bits per heavy atom. The van der Waals surface area contributed by atoms with Crippen molar-refractivity contribution in [3.05, 3.63) is 41.5 Å². The maximum Gasteiger partial charge on any atom is 0.224 e. The van der Waals surface area contributed by atoms with E-state index in [1.165, 1.54) is 12.8 Å². The van der Waals surface area contributed by atoms with Crippen LogP contribution >= 0.6 is 0 Å². The van der Waals surface area contributed by atoms with Crippen molar-refractivity contribution >= 4 is 29.2 Å². The Bertz CT molecular complexity index is 1270. The first-order valence-corrected chi connectivity index (χ1v) is 14.7. The lowest BCUT2D eigenvalue weighted by molar-refractivity contribution is -0.116. The summed E-state index contributed by atoms with van der Waals surface area (Å²) < 4.78 is 12.1. The first kappa shape index (κ1) is 30.4. The number of nitrogens with zero attached hydrogens (tertiary/aromatic N) is 4. The number of aliphatic imine (C=N–C) groups is 1. The highest BCUT2D eigenvalue weighted by Crippen LogP contribution is 2.42. The van der Waals surface area contributed by atoms with E-state index in [4.69, 9.17) is 9.47 Å². The topological polar surface area (TPSA) is 102 Å². The number of aryl methyl sites for hydroxylation is 1. The van der Waals surface area contributed by atoms with Crippen molar-refractivity contribution in [1.29, 1.82) is 5.26 Å². The number of ether oxygens (including phenoxy) is 2. The highest BCUT2D eigenvalue weighted by atomic mass is 16.5. The number of benzene rings is 2. The fourth-order valence-corrected chi connectivity index (χ4v) is 5.42. The Hall–Kier alpha value is -3.61. The lowest BCUT2D eigenvalue weighted by Gasteiger charge is -2.32. The summed E-state index contributed by atoms with van der Waals surface area (Å²) in [5, 5.41) is 16.6. The van der Waals surface area contributed by atoms with Gasteiger partial charge in [-0.1, -0.05) is 6.42 Å². The van der Waals surface area contributed by atoms with Crippen molar-refractivity contribution in [3.8, 4) is 17.6 Å². The molecule has 0 saturated carbocycles. The van der Waals surface area contributed by atoms with E-state index < -0.39 is 5.92 Å². The highest BCUT2D eigenvalue weighted by molar-refractivity contribution is 5.93. The zero-order chi connectivity index (χ0) is 29.4. The summed E-state index contributed by atoms with van der Waals surface area (Å²) >= 11 is 0. The van der Waals surface area contributed by atoms with Gasteiger partial charge in [0.2, 0.25) is 5.91 Å². The van der Waals surface area contributed by atoms with Crippen LogP contribution in [-0.4, -0.2) is 75.4 Å². The average molecular weight is 561 g/mol. The van der Waals surface area contributed by atoms with Crippen LogP contribution < -0.4 is 20.1 Å². The SMILES string of the molecule is CCOc1cc2c(cc1NC(=O)CCCN(C)C)C(Nc1ccc(OCC3CCCCN3C)c(C)c1)C(C#N)C=N2. The predicted molar refractivity (Wildman–Crippen MR) is 165 cm³/mol. The number of nitrogens with one attached hydrogen (secondary N) is 2. The monoisotopic (exact) mass is 560 g/mol. The van der Waals surface area contributed by atoms with Crippen LogP contribution in [0, 0.1) is 24.2 Å². The Morgan fingerprint density at radius 3 is 2.73 bits per heavy atom. The second-order valence-corrected chi connectivity index (χ2v) is 11.3. The Balaban J connectivity index is 1.53. The van der Waals surface area contributed by atoms with Gasteiger partial charge in [0, 0.05) is 36.0 Å². The van der Waals surface area contributed by atoms with Gasteiger partial charge in [0.05, 0.1) is 30.1 Å². The summed E-state index contributed by atoms with van der Waals surface area (Å²) in [5.74, 6) is 0.887. The molecule has 2 N–H and O–H groups in total. The van der Waals surface area contributed by atoms with Crippen LogP contribution in [0.4, 0.5) is 17.1 Å². The molecule has 0 radical (unpaired) electrons. The zero-order valence-corrected chi connectivity index (χ0v) is 25.1. The molecular formula is C32H44N6O3. The first-order chi connectivity index (χ1) is 19.8. The van der Waals surface area contributed by atoms with Crippen LogP contribution in [0.25, 0.3) is 0 Å². The van der Waals surface area contributed by atoms with Crippen molar-refractivity contribution in [2.45, 2.75) is 58.0 Å². The molecule has 9 heteroatoms. The van der Waals surface area contributed by atoms with Crippen LogP contribution in [0.5, 0.6) is 11.5 Å². The van der Waals surface area contributed by atoms with Crippen LogP contribution in [-0.2, 0) is 4.79 Å². The minimum atomic E-state index is -0.484. The van der Waals surface area contributed by atoms with E-state index in [-0.39, 0.29) is 11.9 Å². The second kappa shape index (κ2) is 14.3. The summed E-state index contributed by atoms with van der Waals surface area (Å²) in [6.45, 7) is 7.04. The van der Waals surface area contributed by atoms with Gasteiger partial charge in [-0.05, 0) is 97.2 Å². The minimum Gasteiger partial charge on any atom is -0.492 e. The summed E-state index contributed by atoms with van der Waals surface area (Å²) in [5.41, 5.74) is 4.07. The molecule has 2 aromatic rings. The normalized spacial score (nSPS) is 20.3. The minimum absolute atomic E-state index is 0.0703. The molecule has 2 aliphatic heterocycles. The molecule has 3 unspecified atom stereocenters. The summed E-state index contributed by atoms with van der Waals surface area (Å²) in [6, 6.07) is 12.3. The van der Waals surface area contributed by atoms with Crippen molar-refractivity contribution in [3.63, 3.8) is 0 Å². The van der Waals surface area contributed by atoms with E-state index in [0.717, 1.165) is 54.2 Å². The van der Waals surface area contributed by atoms with Gasteiger partial charge < -0.3 is 29.9 Å². The molecule has 220 valence electrons. The number of hydrogen-bond acceptors (Lipinski definition) is 8. The van der Waals surface area contributed by atoms with Gasteiger partial charge >= 0.3 is 0 Å². The van der Waals surface area contributed by atoms with Crippen molar-refractivity contribution in [1.82, 2.24) is 9.80 Å². The number of piperidine rings is 1. The van der Waals surface area contributed by atoms with E-state index in [1.807, 2.05) is 52.2 Å². The third kappa shape index (κ3) is 7.99. The number of likely N-dealkylation sites (tertiary alicyclic amines) is 1. The molecule has 0 aromatic heterocycles. The molecule has 0 spiro atoms. The maximum atomic E-state index is 12.8. The third-order valence-electron chi connectivity index (χ3n) is 7.78. The summed E-state index contributed by atoms with van der Waals surface area (Å²) in [4.78, 5) is 21.8. The highest BCUT2D eigenvalue weighted by Gasteiger charge is 2.30. The summed E-state index contributed by atoms with van der Waals surface area (Å²) in [7, 11) is 6.15. The standard InChI is InChI=1S/C32H44N6O3/c1-6-40-30-18-27-26(17-28(30)36-31(39)11-9-14-37(3)4)32(23(19-33)20-34-27)35-24-12-13-29(22(2)16-24)41-21-25-10-7-8-15-38(25)5/h12-13,16-18,20,23,25,32,35H,6-11,14-15,21H2,1-5H3,(H,36,39). The molecule has 1 amide bonds. The molecule has 2 aromatic carbocycles. The Morgan fingerprint density at radius 2 is 2.02 bits per heavy atom. The molecule has 41 heavy (non-hydrogen) atoms. The van der Waals surface area contributed by atoms with Gasteiger partial charge in [0.25, 0.3) is 0 Å². The van der Waals surface area contributed by atoms with Gasteiger partial charge in [-0.15, -0.1) is 0 Å². The maximum absolute atomic E-state index is 12.8. The number of anilines is 2. The van der Waals surface area contributed by atoms with Crippen molar-refractivity contribution in [2.24, 2.45) is 10.9 Å². The second-order valence-electron chi connectivity index (χ2n) is 11.3. The van der Waals surface area contributed by atoms with E-state index >= 15 is 0 Å². The van der Waals surface area contributed by atoms with Gasteiger partial charge in [-0.3, -0.25) is 9.79 Å².